The van der Waals surface area contributed by atoms with Crippen LogP contribution in [0.4, 0.5) is 0 Å². The fraction of sp³-hybridized carbons (Fsp3) is 0. The van der Waals surface area contributed by atoms with Crippen molar-refractivity contribution < 1.29 is 5.48 Å². The summed E-state index contributed by atoms with van der Waals surface area (Å²) in [5.74, 6) is 0. The van der Waals surface area contributed by atoms with E-state index in [0.29, 0.717) is 11.1 Å². The molecule has 0 heterocycles. The Balaban J connectivity index is 1.30. The van der Waals surface area contributed by atoms with E-state index in [0.717, 1.165) is 86.9 Å². The Bertz CT molecular complexity index is 3080. The van der Waals surface area contributed by atoms with Crippen LogP contribution >= 0.6 is 0 Å². The topological polar surface area (TPSA) is 0 Å². The molecule has 10 aromatic carbocycles. The summed E-state index contributed by atoms with van der Waals surface area (Å²) in [6, 6.07) is 53.7. The molecule has 10 rings (SSSR count). The van der Waals surface area contributed by atoms with Crippen LogP contribution in [0.1, 0.15) is 5.48 Å². The summed E-state index contributed by atoms with van der Waals surface area (Å²) >= 11 is 0. The molecule has 10 aromatic rings. The summed E-state index contributed by atoms with van der Waals surface area (Å²) in [6.45, 7) is 0. The maximum Gasteiger partial charge on any atom is 0.0629 e. The van der Waals surface area contributed by atoms with Crippen LogP contribution in [0.15, 0.2) is 182 Å². The lowest BCUT2D eigenvalue weighted by Crippen LogP contribution is -1.89. The third-order valence-electron chi connectivity index (χ3n) is 9.86. The molecule has 0 unspecified atom stereocenters. The van der Waals surface area contributed by atoms with Crippen molar-refractivity contribution in [1.82, 2.24) is 0 Å². The molecule has 0 bridgehead atoms. The molecule has 0 amide bonds. The predicted molar refractivity (Wildman–Crippen MR) is 208 cm³/mol. The van der Waals surface area contributed by atoms with Gasteiger partial charge >= 0.3 is 0 Å². The summed E-state index contributed by atoms with van der Waals surface area (Å²) in [4.78, 5) is 0. The Kier molecular flexibility index (Phi) is 5.14. The van der Waals surface area contributed by atoms with Crippen molar-refractivity contribution in [3.8, 4) is 33.4 Å². The Labute approximate surface area is 284 Å². The van der Waals surface area contributed by atoms with E-state index >= 15 is 0 Å². The van der Waals surface area contributed by atoms with E-state index in [9.17, 15) is 5.48 Å². The van der Waals surface area contributed by atoms with Crippen molar-refractivity contribution in [2.24, 2.45) is 0 Å². The van der Waals surface area contributed by atoms with Crippen molar-refractivity contribution in [2.45, 2.75) is 0 Å². The fourth-order valence-corrected chi connectivity index (χ4v) is 7.60. The zero-order chi connectivity index (χ0) is 35.1. The molecule has 0 atom stereocenters. The normalized spacial score (nSPS) is 12.9. The van der Waals surface area contributed by atoms with Gasteiger partial charge in [0.2, 0.25) is 0 Å². The van der Waals surface area contributed by atoms with Crippen LogP contribution in [0.25, 0.3) is 98.0 Å². The number of hydrogen-bond acceptors (Lipinski definition) is 0. The number of fused-ring (bicyclic) bond motifs is 8. The molecule has 0 aliphatic heterocycles. The molecular weight excluding hydrogens is 577 g/mol. The smallest absolute Gasteiger partial charge is 0.0622 e. The van der Waals surface area contributed by atoms with E-state index in [1.807, 2.05) is 66.7 Å². The summed E-state index contributed by atoms with van der Waals surface area (Å²) in [5.41, 5.74) is 4.32. The average molecular weight is 611 g/mol. The van der Waals surface area contributed by atoms with Crippen LogP contribution in [-0.4, -0.2) is 0 Å². The largest absolute Gasteiger partial charge is 0.0629 e. The molecule has 0 fully saturated rings. The second-order valence-corrected chi connectivity index (χ2v) is 12.5. The lowest BCUT2D eigenvalue weighted by molar-refractivity contribution is 1.64. The second-order valence-electron chi connectivity index (χ2n) is 12.5. The van der Waals surface area contributed by atoms with Crippen molar-refractivity contribution in [3.05, 3.63) is 182 Å². The molecule has 0 spiro atoms. The minimum atomic E-state index is -0.0475. The maximum atomic E-state index is 9.68. The van der Waals surface area contributed by atoms with E-state index in [2.05, 4.69) is 91.0 Å². The van der Waals surface area contributed by atoms with Crippen LogP contribution in [0.2, 0.25) is 0 Å². The Morgan fingerprint density at radius 1 is 0.250 bits per heavy atom. The summed E-state index contributed by atoms with van der Waals surface area (Å²) in [6.07, 6.45) is 0. The van der Waals surface area contributed by atoms with Gasteiger partial charge in [-0.2, -0.15) is 0 Å². The first-order valence-corrected chi connectivity index (χ1v) is 16.4. The molecule has 222 valence electrons. The van der Waals surface area contributed by atoms with E-state index in [-0.39, 0.29) is 24.2 Å². The standard InChI is InChI=1S/C48H30/c1-2-10-31(11-3-1)36-23-18-33-25-27-43-46(44(33)28-36)30-38-14-6-9-17-41(38)48(43)35-21-19-34(20-22-35)47-40-16-8-5-13-37(40)29-45-39-15-7-4-12-32(39)24-26-42(45)47/h1-30H/i19D,20D,21D,22D. The van der Waals surface area contributed by atoms with Crippen LogP contribution in [0, 0.1) is 0 Å². The van der Waals surface area contributed by atoms with Crippen molar-refractivity contribution in [2.75, 3.05) is 0 Å². The maximum absolute atomic E-state index is 9.68. The summed E-state index contributed by atoms with van der Waals surface area (Å²) in [7, 11) is 0. The Hall–Kier alpha value is -6.24. The van der Waals surface area contributed by atoms with Gasteiger partial charge in [0.15, 0.2) is 0 Å². The highest BCUT2D eigenvalue weighted by Crippen LogP contribution is 2.43. The van der Waals surface area contributed by atoms with E-state index in [1.165, 1.54) is 0 Å². The minimum Gasteiger partial charge on any atom is -0.0622 e. The summed E-state index contributed by atoms with van der Waals surface area (Å²) < 4.78 is 38.7. The third-order valence-corrected chi connectivity index (χ3v) is 9.86. The quantitative estimate of drug-likeness (QED) is 0.138. The molecule has 0 aliphatic rings. The Morgan fingerprint density at radius 2 is 0.708 bits per heavy atom. The van der Waals surface area contributed by atoms with Crippen LogP contribution in [0.3, 0.4) is 0 Å². The van der Waals surface area contributed by atoms with E-state index in [1.54, 1.807) is 0 Å². The van der Waals surface area contributed by atoms with Gasteiger partial charge in [-0.1, -0.05) is 164 Å². The lowest BCUT2D eigenvalue weighted by atomic mass is 9.87. The molecule has 0 aliphatic carbocycles. The first-order chi connectivity index (χ1) is 25.5. The minimum absolute atomic E-state index is 0.0463. The molecule has 0 radical (unpaired) electrons. The SMILES string of the molecule is [2H]c1c([2H])c(-c2c3ccccc3cc3c2ccc2ccc(-c4ccccc4)cc23)c([2H])c([2H])c1-c1c2ccccc2cc2c1ccc1ccccc12. The van der Waals surface area contributed by atoms with Gasteiger partial charge < -0.3 is 0 Å². The van der Waals surface area contributed by atoms with Gasteiger partial charge in [-0.05, 0) is 116 Å². The van der Waals surface area contributed by atoms with Crippen molar-refractivity contribution in [3.63, 3.8) is 0 Å². The summed E-state index contributed by atoms with van der Waals surface area (Å²) in [5, 5.41) is 12.0. The molecule has 48 heavy (non-hydrogen) atoms. The van der Waals surface area contributed by atoms with Gasteiger partial charge in [0, 0.05) is 0 Å². The number of hydrogen-bond donors (Lipinski definition) is 0. The predicted octanol–water partition coefficient (Wildman–Crippen LogP) is 13.6. The lowest BCUT2D eigenvalue weighted by Gasteiger charge is -2.16. The van der Waals surface area contributed by atoms with Crippen LogP contribution < -0.4 is 0 Å². The molecule has 0 heteroatoms. The molecule has 0 aromatic heterocycles. The highest BCUT2D eigenvalue weighted by Gasteiger charge is 2.15. The van der Waals surface area contributed by atoms with Gasteiger partial charge in [0.1, 0.15) is 0 Å². The molecule has 0 nitrogen and oxygen atoms in total. The van der Waals surface area contributed by atoms with Gasteiger partial charge in [-0.15, -0.1) is 0 Å². The van der Waals surface area contributed by atoms with Crippen molar-refractivity contribution in [1.29, 1.82) is 0 Å². The van der Waals surface area contributed by atoms with Gasteiger partial charge in [0.25, 0.3) is 0 Å². The fourth-order valence-electron chi connectivity index (χ4n) is 7.60. The molecule has 0 saturated carbocycles. The van der Waals surface area contributed by atoms with Crippen LogP contribution in [-0.2, 0) is 0 Å². The Morgan fingerprint density at radius 3 is 1.31 bits per heavy atom. The zero-order valence-corrected chi connectivity index (χ0v) is 26.0. The first-order valence-electron chi connectivity index (χ1n) is 18.4. The third kappa shape index (κ3) is 4.16. The highest BCUT2D eigenvalue weighted by molar-refractivity contribution is 6.22. The molecule has 0 saturated heterocycles. The second kappa shape index (κ2) is 10.7. The van der Waals surface area contributed by atoms with Gasteiger partial charge in [0.05, 0.1) is 5.48 Å². The van der Waals surface area contributed by atoms with Gasteiger partial charge in [-0.25, -0.2) is 0 Å². The monoisotopic (exact) mass is 610 g/mol. The zero-order valence-electron chi connectivity index (χ0n) is 30.0. The molecule has 0 N–H and O–H groups in total. The van der Waals surface area contributed by atoms with E-state index in [4.69, 9.17) is 0 Å². The van der Waals surface area contributed by atoms with E-state index < -0.39 is 0 Å². The highest BCUT2D eigenvalue weighted by atomic mass is 14.2. The number of rotatable bonds is 3. The molecular formula is C48H30. The van der Waals surface area contributed by atoms with Crippen molar-refractivity contribution >= 4 is 64.6 Å². The first kappa shape index (κ1) is 23.1. The van der Waals surface area contributed by atoms with Crippen LogP contribution in [0.5, 0.6) is 0 Å². The van der Waals surface area contributed by atoms with Gasteiger partial charge in [-0.3, -0.25) is 0 Å². The average Bonchev–Trinajstić information content (AvgIpc) is 3.19. The number of benzene rings is 10.